The molecule has 1 heterocycles. The number of halogens is 1. The van der Waals surface area contributed by atoms with Crippen molar-refractivity contribution in [1.82, 2.24) is 4.90 Å². The number of non-ortho nitro benzene ring substituents is 1. The van der Waals surface area contributed by atoms with Crippen LogP contribution in [0.15, 0.2) is 18.2 Å². The quantitative estimate of drug-likeness (QED) is 0.665. The summed E-state index contributed by atoms with van der Waals surface area (Å²) < 4.78 is 0. The van der Waals surface area contributed by atoms with Crippen LogP contribution in [0.25, 0.3) is 0 Å². The van der Waals surface area contributed by atoms with Crippen molar-refractivity contribution < 1.29 is 19.6 Å². The van der Waals surface area contributed by atoms with Gasteiger partial charge in [0.25, 0.3) is 11.6 Å². The number of nitro groups is 1. The minimum atomic E-state index is -1.03. The number of aliphatic carboxylic acids is 1. The Bertz CT molecular complexity index is 708. The number of nitrogens with zero attached hydrogens (tertiary/aromatic N) is 2. The molecule has 0 aromatic heterocycles. The molecule has 128 valence electrons. The van der Waals surface area contributed by atoms with E-state index in [-0.39, 0.29) is 28.2 Å². The molecule has 3 atom stereocenters. The molecule has 3 rings (SSSR count). The normalized spacial score (nSPS) is 26.0. The number of hydrogen-bond donors (Lipinski definition) is 1. The molecule has 0 spiro atoms. The Hall–Kier alpha value is -2.15. The van der Waals surface area contributed by atoms with Crippen LogP contribution < -0.4 is 0 Å². The van der Waals surface area contributed by atoms with Crippen LogP contribution in [0.2, 0.25) is 5.02 Å². The predicted octanol–water partition coefficient (Wildman–Crippen LogP) is 3.11. The number of hydrogen-bond acceptors (Lipinski definition) is 4. The zero-order valence-corrected chi connectivity index (χ0v) is 13.6. The summed E-state index contributed by atoms with van der Waals surface area (Å²) in [7, 11) is 0. The largest absolute Gasteiger partial charge is 0.480 e. The number of likely N-dealkylation sites (tertiary alicyclic amines) is 1. The molecule has 0 bridgehead atoms. The first kappa shape index (κ1) is 16.7. The predicted molar refractivity (Wildman–Crippen MR) is 86.1 cm³/mol. The highest BCUT2D eigenvalue weighted by Crippen LogP contribution is 2.40. The zero-order valence-electron chi connectivity index (χ0n) is 12.9. The van der Waals surface area contributed by atoms with E-state index in [4.69, 9.17) is 11.6 Å². The van der Waals surface area contributed by atoms with Gasteiger partial charge in [-0.15, -0.1) is 0 Å². The first-order valence-electron chi connectivity index (χ1n) is 7.89. The van der Waals surface area contributed by atoms with Gasteiger partial charge in [-0.1, -0.05) is 24.4 Å². The summed E-state index contributed by atoms with van der Waals surface area (Å²) in [5.74, 6) is -1.35. The molecular formula is C16H17ClN2O5. The molecule has 3 unspecified atom stereocenters. The van der Waals surface area contributed by atoms with Gasteiger partial charge in [-0.2, -0.15) is 0 Å². The number of carbonyl (C=O) groups is 2. The van der Waals surface area contributed by atoms with Gasteiger partial charge in [0, 0.05) is 28.8 Å². The van der Waals surface area contributed by atoms with Gasteiger partial charge < -0.3 is 10.0 Å². The SMILES string of the molecule is O=C(O)C1CC2CCCCC2N1C(=O)c1cc(Cl)cc([N+](=O)[O-])c1. The third-order valence-electron chi connectivity index (χ3n) is 4.95. The fourth-order valence-electron chi connectivity index (χ4n) is 3.92. The fourth-order valence-corrected chi connectivity index (χ4v) is 4.15. The maximum atomic E-state index is 12.9. The van der Waals surface area contributed by atoms with Gasteiger partial charge in [0.1, 0.15) is 6.04 Å². The Kier molecular flexibility index (Phi) is 4.45. The van der Waals surface area contributed by atoms with Crippen molar-refractivity contribution in [3.05, 3.63) is 38.9 Å². The minimum Gasteiger partial charge on any atom is -0.480 e. The van der Waals surface area contributed by atoms with E-state index < -0.39 is 22.8 Å². The number of carbonyl (C=O) groups excluding carboxylic acids is 1. The number of amides is 1. The monoisotopic (exact) mass is 352 g/mol. The van der Waals surface area contributed by atoms with E-state index >= 15 is 0 Å². The molecule has 1 aliphatic carbocycles. The van der Waals surface area contributed by atoms with Gasteiger partial charge in [-0.3, -0.25) is 14.9 Å². The Morgan fingerprint density at radius 3 is 2.62 bits per heavy atom. The summed E-state index contributed by atoms with van der Waals surface area (Å²) in [4.78, 5) is 36.3. The van der Waals surface area contributed by atoms with Gasteiger partial charge in [-0.05, 0) is 31.2 Å². The van der Waals surface area contributed by atoms with E-state index in [1.807, 2.05) is 0 Å². The summed E-state index contributed by atoms with van der Waals surface area (Å²) in [6.07, 6.45) is 4.11. The summed E-state index contributed by atoms with van der Waals surface area (Å²) in [5, 5.41) is 20.6. The molecule has 1 saturated heterocycles. The molecule has 2 fully saturated rings. The lowest BCUT2D eigenvalue weighted by Gasteiger charge is -2.33. The van der Waals surface area contributed by atoms with Crippen molar-refractivity contribution in [1.29, 1.82) is 0 Å². The number of benzene rings is 1. The molecule has 1 aliphatic heterocycles. The van der Waals surface area contributed by atoms with Gasteiger partial charge >= 0.3 is 5.97 Å². The maximum Gasteiger partial charge on any atom is 0.326 e. The molecule has 7 nitrogen and oxygen atoms in total. The van der Waals surface area contributed by atoms with E-state index in [1.54, 1.807) is 0 Å². The maximum absolute atomic E-state index is 12.9. The molecule has 1 saturated carbocycles. The van der Waals surface area contributed by atoms with Crippen molar-refractivity contribution >= 4 is 29.2 Å². The smallest absolute Gasteiger partial charge is 0.326 e. The topological polar surface area (TPSA) is 101 Å². The average Bonchev–Trinajstić information content (AvgIpc) is 2.93. The number of carboxylic acid groups (broad SMARTS) is 1. The van der Waals surface area contributed by atoms with Crippen LogP contribution in [0.3, 0.4) is 0 Å². The van der Waals surface area contributed by atoms with Gasteiger partial charge in [0.05, 0.1) is 4.92 Å². The second-order valence-corrected chi connectivity index (χ2v) is 6.81. The second-order valence-electron chi connectivity index (χ2n) is 6.37. The first-order valence-corrected chi connectivity index (χ1v) is 8.26. The highest BCUT2D eigenvalue weighted by Gasteiger charge is 2.47. The molecule has 24 heavy (non-hydrogen) atoms. The lowest BCUT2D eigenvalue weighted by molar-refractivity contribution is -0.384. The van der Waals surface area contributed by atoms with E-state index in [9.17, 15) is 24.8 Å². The van der Waals surface area contributed by atoms with Crippen molar-refractivity contribution in [3.63, 3.8) is 0 Å². The molecule has 1 aromatic carbocycles. The molecule has 1 N–H and O–H groups in total. The number of nitro benzene ring substituents is 1. The Labute approximate surface area is 143 Å². The minimum absolute atomic E-state index is 0.0617. The summed E-state index contributed by atoms with van der Waals surface area (Å²) in [6, 6.07) is 2.67. The van der Waals surface area contributed by atoms with Gasteiger partial charge in [0.15, 0.2) is 0 Å². The van der Waals surface area contributed by atoms with Crippen LogP contribution in [0, 0.1) is 16.0 Å². The lowest BCUT2D eigenvalue weighted by Crippen LogP contribution is -2.46. The first-order chi connectivity index (χ1) is 11.4. The molecule has 8 heteroatoms. The number of rotatable bonds is 3. The highest BCUT2D eigenvalue weighted by atomic mass is 35.5. The highest BCUT2D eigenvalue weighted by molar-refractivity contribution is 6.31. The van der Waals surface area contributed by atoms with Crippen LogP contribution in [0.4, 0.5) is 5.69 Å². The molecule has 1 aromatic rings. The van der Waals surface area contributed by atoms with E-state index in [0.29, 0.717) is 6.42 Å². The van der Waals surface area contributed by atoms with Crippen LogP contribution in [-0.4, -0.2) is 38.9 Å². The summed E-state index contributed by atoms with van der Waals surface area (Å²) in [5.41, 5.74) is -0.219. The molecular weight excluding hydrogens is 336 g/mol. The van der Waals surface area contributed by atoms with Crippen molar-refractivity contribution in [2.24, 2.45) is 5.92 Å². The van der Waals surface area contributed by atoms with Crippen LogP contribution in [0.5, 0.6) is 0 Å². The summed E-state index contributed by atoms with van der Waals surface area (Å²) in [6.45, 7) is 0. The van der Waals surface area contributed by atoms with Crippen molar-refractivity contribution in [2.45, 2.75) is 44.2 Å². The van der Waals surface area contributed by atoms with Crippen molar-refractivity contribution in [2.75, 3.05) is 0 Å². The zero-order chi connectivity index (χ0) is 17.4. The molecule has 2 aliphatic rings. The van der Waals surface area contributed by atoms with Gasteiger partial charge in [-0.25, -0.2) is 4.79 Å². The molecule has 1 amide bonds. The Morgan fingerprint density at radius 1 is 1.25 bits per heavy atom. The fraction of sp³-hybridized carbons (Fsp3) is 0.500. The van der Waals surface area contributed by atoms with Crippen LogP contribution in [0.1, 0.15) is 42.5 Å². The van der Waals surface area contributed by atoms with Crippen LogP contribution >= 0.6 is 11.6 Å². The molecule has 0 radical (unpaired) electrons. The second kappa shape index (κ2) is 6.39. The van der Waals surface area contributed by atoms with E-state index in [1.165, 1.54) is 17.0 Å². The van der Waals surface area contributed by atoms with Gasteiger partial charge in [0.2, 0.25) is 0 Å². The third kappa shape index (κ3) is 2.96. The third-order valence-corrected chi connectivity index (χ3v) is 5.17. The van der Waals surface area contributed by atoms with Crippen LogP contribution in [-0.2, 0) is 4.79 Å². The van der Waals surface area contributed by atoms with Crippen molar-refractivity contribution in [3.8, 4) is 0 Å². The number of fused-ring (bicyclic) bond motifs is 1. The summed E-state index contributed by atoms with van der Waals surface area (Å²) >= 11 is 5.89. The van der Waals surface area contributed by atoms with E-state index in [0.717, 1.165) is 31.7 Å². The lowest BCUT2D eigenvalue weighted by atomic mass is 9.84. The Balaban J connectivity index is 1.97. The standard InChI is InChI=1S/C16H17ClN2O5/c17-11-5-10(6-12(8-11)19(23)24)15(20)18-13-4-2-1-3-9(13)7-14(18)16(21)22/h5-6,8-9,13-14H,1-4,7H2,(H,21,22). The van der Waals surface area contributed by atoms with E-state index in [2.05, 4.69) is 0 Å². The average molecular weight is 353 g/mol. The Morgan fingerprint density at radius 2 is 1.96 bits per heavy atom. The number of carboxylic acids is 1.